The van der Waals surface area contributed by atoms with Crippen molar-refractivity contribution >= 4 is 11.8 Å². The second-order valence-corrected chi connectivity index (χ2v) is 3.59. The molecule has 0 radical (unpaired) electrons. The summed E-state index contributed by atoms with van der Waals surface area (Å²) >= 11 is 0. The number of aliphatic hydroxyl groups excluding tert-OH is 1. The molecule has 0 aromatic carbocycles. The lowest BCUT2D eigenvalue weighted by Crippen LogP contribution is -2.49. The van der Waals surface area contributed by atoms with Gasteiger partial charge >= 0.3 is 0 Å². The van der Waals surface area contributed by atoms with Crippen LogP contribution in [0.15, 0.2) is 0 Å². The molecular formula is C8H15N3O3. The van der Waals surface area contributed by atoms with Gasteiger partial charge in [-0.1, -0.05) is 0 Å². The number of hydrogen-bond acceptors (Lipinski definition) is 4. The van der Waals surface area contributed by atoms with Crippen LogP contribution in [0, 0.1) is 0 Å². The highest BCUT2D eigenvalue weighted by atomic mass is 16.3. The van der Waals surface area contributed by atoms with Crippen molar-refractivity contribution in [2.45, 2.75) is 31.5 Å². The van der Waals surface area contributed by atoms with Crippen molar-refractivity contribution in [3.05, 3.63) is 0 Å². The van der Waals surface area contributed by atoms with Gasteiger partial charge in [-0.2, -0.15) is 0 Å². The summed E-state index contributed by atoms with van der Waals surface area (Å²) in [7, 11) is 0. The molecule has 0 aromatic rings. The van der Waals surface area contributed by atoms with Crippen LogP contribution < -0.4 is 11.5 Å². The van der Waals surface area contributed by atoms with Crippen LogP contribution in [0.2, 0.25) is 0 Å². The van der Waals surface area contributed by atoms with Gasteiger partial charge in [-0.15, -0.1) is 0 Å². The minimum atomic E-state index is -0.719. The molecule has 1 heterocycles. The lowest BCUT2D eigenvalue weighted by Gasteiger charge is -2.23. The highest BCUT2D eigenvalue weighted by Gasteiger charge is 2.38. The number of carbonyl (C=O) groups is 2. The molecular weight excluding hydrogens is 186 g/mol. The third-order valence-electron chi connectivity index (χ3n) is 2.28. The first-order valence-corrected chi connectivity index (χ1v) is 4.47. The molecule has 0 saturated carbocycles. The number of primary amides is 1. The fourth-order valence-electron chi connectivity index (χ4n) is 1.59. The number of hydrogen-bond donors (Lipinski definition) is 3. The molecule has 0 aromatic heterocycles. The van der Waals surface area contributed by atoms with Gasteiger partial charge in [0.15, 0.2) is 0 Å². The molecule has 6 nitrogen and oxygen atoms in total. The van der Waals surface area contributed by atoms with Crippen LogP contribution in [-0.2, 0) is 9.59 Å². The van der Waals surface area contributed by atoms with E-state index in [9.17, 15) is 14.7 Å². The van der Waals surface area contributed by atoms with E-state index in [-0.39, 0.29) is 18.9 Å². The number of rotatable bonds is 2. The van der Waals surface area contributed by atoms with E-state index >= 15 is 0 Å². The molecule has 1 aliphatic heterocycles. The van der Waals surface area contributed by atoms with Gasteiger partial charge in [0, 0.05) is 13.0 Å². The topological polar surface area (TPSA) is 110 Å². The van der Waals surface area contributed by atoms with E-state index in [0.29, 0.717) is 0 Å². The van der Waals surface area contributed by atoms with Gasteiger partial charge in [0.25, 0.3) is 0 Å². The first-order chi connectivity index (χ1) is 6.43. The Morgan fingerprint density at radius 1 is 1.57 bits per heavy atom. The zero-order valence-corrected chi connectivity index (χ0v) is 8.01. The van der Waals surface area contributed by atoms with Gasteiger partial charge < -0.3 is 21.5 Å². The standard InChI is InChI=1S/C8H15N3O3/c1-4(9)8(14)11-3-5(12)2-6(11)7(10)13/h4-6,12H,2-3,9H2,1H3,(H2,10,13)/t4-,5?,6?/m1/s1. The van der Waals surface area contributed by atoms with Crippen molar-refractivity contribution in [1.29, 1.82) is 0 Å². The largest absolute Gasteiger partial charge is 0.391 e. The second-order valence-electron chi connectivity index (χ2n) is 3.59. The summed E-state index contributed by atoms with van der Waals surface area (Å²) in [4.78, 5) is 23.7. The fourth-order valence-corrected chi connectivity index (χ4v) is 1.59. The van der Waals surface area contributed by atoms with E-state index < -0.39 is 24.1 Å². The SMILES string of the molecule is C[C@@H](N)C(=O)N1CC(O)CC1C(N)=O. The Labute approximate surface area is 81.8 Å². The number of β-amino-alcohol motifs (C(OH)–C–C–N with tert-alkyl or cyclic N) is 1. The van der Waals surface area contributed by atoms with Crippen molar-refractivity contribution < 1.29 is 14.7 Å². The van der Waals surface area contributed by atoms with E-state index in [1.807, 2.05) is 0 Å². The molecule has 2 amide bonds. The summed E-state index contributed by atoms with van der Waals surface area (Å²) in [6, 6.07) is -1.40. The lowest BCUT2D eigenvalue weighted by atomic mass is 10.2. The van der Waals surface area contributed by atoms with Crippen LogP contribution in [0.4, 0.5) is 0 Å². The van der Waals surface area contributed by atoms with Crippen molar-refractivity contribution in [1.82, 2.24) is 4.90 Å². The Morgan fingerprint density at radius 2 is 2.14 bits per heavy atom. The zero-order chi connectivity index (χ0) is 10.9. The molecule has 1 fully saturated rings. The molecule has 1 saturated heterocycles. The van der Waals surface area contributed by atoms with Gasteiger partial charge in [0.2, 0.25) is 11.8 Å². The van der Waals surface area contributed by atoms with Crippen molar-refractivity contribution in [3.8, 4) is 0 Å². The van der Waals surface area contributed by atoms with Crippen LogP contribution in [0.25, 0.3) is 0 Å². The zero-order valence-electron chi connectivity index (χ0n) is 8.01. The fraction of sp³-hybridized carbons (Fsp3) is 0.750. The lowest BCUT2D eigenvalue weighted by molar-refractivity contribution is -0.138. The third-order valence-corrected chi connectivity index (χ3v) is 2.28. The third kappa shape index (κ3) is 2.02. The minimum absolute atomic E-state index is 0.133. The van der Waals surface area contributed by atoms with E-state index in [0.717, 1.165) is 0 Å². The van der Waals surface area contributed by atoms with Crippen molar-refractivity contribution in [3.63, 3.8) is 0 Å². The molecule has 14 heavy (non-hydrogen) atoms. The average molecular weight is 201 g/mol. The Bertz CT molecular complexity index is 254. The number of aliphatic hydroxyl groups is 1. The van der Waals surface area contributed by atoms with E-state index in [1.54, 1.807) is 0 Å². The molecule has 0 aliphatic carbocycles. The van der Waals surface area contributed by atoms with Crippen LogP contribution >= 0.6 is 0 Å². The van der Waals surface area contributed by atoms with Crippen LogP contribution in [0.3, 0.4) is 0 Å². The summed E-state index contributed by atoms with van der Waals surface area (Å²) in [5, 5.41) is 9.31. The highest BCUT2D eigenvalue weighted by Crippen LogP contribution is 2.18. The maximum atomic E-state index is 11.5. The highest BCUT2D eigenvalue weighted by molar-refractivity contribution is 5.89. The molecule has 1 rings (SSSR count). The predicted octanol–water partition coefficient (Wildman–Crippen LogP) is -2.22. The predicted molar refractivity (Wildman–Crippen MR) is 49.0 cm³/mol. The molecule has 80 valence electrons. The summed E-state index contributed by atoms with van der Waals surface area (Å²) in [5.74, 6) is -0.957. The van der Waals surface area contributed by atoms with Crippen LogP contribution in [0.1, 0.15) is 13.3 Å². The maximum absolute atomic E-state index is 11.5. The second kappa shape index (κ2) is 3.93. The van der Waals surface area contributed by atoms with Crippen molar-refractivity contribution in [2.24, 2.45) is 11.5 Å². The van der Waals surface area contributed by atoms with Gasteiger partial charge in [0.1, 0.15) is 6.04 Å². The Hall–Kier alpha value is -1.14. The number of carbonyl (C=O) groups excluding carboxylic acids is 2. The van der Waals surface area contributed by atoms with E-state index in [2.05, 4.69) is 0 Å². The van der Waals surface area contributed by atoms with E-state index in [1.165, 1.54) is 11.8 Å². The normalized spacial score (nSPS) is 28.9. The van der Waals surface area contributed by atoms with Gasteiger partial charge in [0.05, 0.1) is 12.1 Å². The number of nitrogens with zero attached hydrogens (tertiary/aromatic N) is 1. The first-order valence-electron chi connectivity index (χ1n) is 4.47. The smallest absolute Gasteiger partial charge is 0.240 e. The molecule has 5 N–H and O–H groups in total. The number of amides is 2. The molecule has 3 atom stereocenters. The number of nitrogens with two attached hydrogens (primary N) is 2. The Kier molecular flexibility index (Phi) is 3.07. The summed E-state index contributed by atoms with van der Waals surface area (Å²) in [6.07, 6.45) is -0.483. The Balaban J connectivity index is 2.76. The summed E-state index contributed by atoms with van der Waals surface area (Å²) < 4.78 is 0. The molecule has 6 heteroatoms. The maximum Gasteiger partial charge on any atom is 0.240 e. The van der Waals surface area contributed by atoms with Crippen molar-refractivity contribution in [2.75, 3.05) is 6.54 Å². The van der Waals surface area contributed by atoms with Crippen LogP contribution in [0.5, 0.6) is 0 Å². The molecule has 1 aliphatic rings. The summed E-state index contributed by atoms with van der Waals surface area (Å²) in [5.41, 5.74) is 10.5. The van der Waals surface area contributed by atoms with E-state index in [4.69, 9.17) is 11.5 Å². The molecule has 0 bridgehead atoms. The Morgan fingerprint density at radius 3 is 2.57 bits per heavy atom. The summed E-state index contributed by atoms with van der Waals surface area (Å²) in [6.45, 7) is 1.67. The monoisotopic (exact) mass is 201 g/mol. The van der Waals surface area contributed by atoms with Gasteiger partial charge in [-0.05, 0) is 6.92 Å². The van der Waals surface area contributed by atoms with Crippen LogP contribution in [-0.4, -0.2) is 46.6 Å². The minimum Gasteiger partial charge on any atom is -0.391 e. The number of likely N-dealkylation sites (tertiary alicyclic amines) is 1. The van der Waals surface area contributed by atoms with Gasteiger partial charge in [-0.3, -0.25) is 9.59 Å². The average Bonchev–Trinajstić information content (AvgIpc) is 2.45. The quantitative estimate of drug-likeness (QED) is 0.470. The van der Waals surface area contributed by atoms with Gasteiger partial charge in [-0.25, -0.2) is 0 Å². The first kappa shape index (κ1) is 10.9. The molecule has 0 spiro atoms. The molecule has 2 unspecified atom stereocenters.